The number of fused-ring (bicyclic) bond motifs is 1. The SMILES string of the molecule is OC1(CCNCc2ccc3c(c2)CCCC3)CCCCC1. The fraction of sp³-hybridized carbons (Fsp3) is 0.684. The summed E-state index contributed by atoms with van der Waals surface area (Å²) < 4.78 is 0. The molecular formula is C19H29NO. The second kappa shape index (κ2) is 6.93. The average Bonchev–Trinajstić information content (AvgIpc) is 2.52. The lowest BCUT2D eigenvalue weighted by Crippen LogP contribution is -2.35. The molecule has 0 aromatic heterocycles. The monoisotopic (exact) mass is 287 g/mol. The smallest absolute Gasteiger partial charge is 0.0659 e. The number of nitrogens with one attached hydrogen (secondary N) is 1. The van der Waals surface area contributed by atoms with E-state index < -0.39 is 0 Å². The summed E-state index contributed by atoms with van der Waals surface area (Å²) in [7, 11) is 0. The average molecular weight is 287 g/mol. The summed E-state index contributed by atoms with van der Waals surface area (Å²) in [5, 5.41) is 14.0. The minimum atomic E-state index is -0.388. The highest BCUT2D eigenvalue weighted by molar-refractivity contribution is 5.33. The first-order chi connectivity index (χ1) is 10.3. The summed E-state index contributed by atoms with van der Waals surface area (Å²) in [6.45, 7) is 1.86. The largest absolute Gasteiger partial charge is 0.390 e. The van der Waals surface area contributed by atoms with E-state index in [0.717, 1.165) is 32.4 Å². The first-order valence-electron chi connectivity index (χ1n) is 8.79. The molecule has 1 fully saturated rings. The molecule has 1 aromatic rings. The standard InChI is InChI=1S/C19H29NO/c21-19(10-4-1-5-11-19)12-13-20-15-16-8-9-17-6-2-3-7-18(17)14-16/h8-9,14,20-21H,1-7,10-13,15H2. The summed E-state index contributed by atoms with van der Waals surface area (Å²) in [5.74, 6) is 0. The predicted molar refractivity (Wildman–Crippen MR) is 87.4 cm³/mol. The highest BCUT2D eigenvalue weighted by Gasteiger charge is 2.28. The lowest BCUT2D eigenvalue weighted by Gasteiger charge is -2.32. The Kier molecular flexibility index (Phi) is 4.97. The highest BCUT2D eigenvalue weighted by Crippen LogP contribution is 2.30. The molecule has 3 rings (SSSR count). The molecule has 0 amide bonds. The van der Waals surface area contributed by atoms with Crippen LogP contribution in [-0.4, -0.2) is 17.3 Å². The van der Waals surface area contributed by atoms with Crippen molar-refractivity contribution in [1.82, 2.24) is 5.32 Å². The maximum atomic E-state index is 10.5. The number of hydrogen-bond acceptors (Lipinski definition) is 2. The van der Waals surface area contributed by atoms with Gasteiger partial charge in [-0.1, -0.05) is 37.5 Å². The van der Waals surface area contributed by atoms with Gasteiger partial charge in [-0.05, 0) is 68.2 Å². The zero-order valence-corrected chi connectivity index (χ0v) is 13.2. The third kappa shape index (κ3) is 4.08. The van der Waals surface area contributed by atoms with Gasteiger partial charge < -0.3 is 10.4 Å². The van der Waals surface area contributed by atoms with Crippen molar-refractivity contribution in [2.24, 2.45) is 0 Å². The molecule has 2 heteroatoms. The molecule has 1 saturated carbocycles. The van der Waals surface area contributed by atoms with Crippen LogP contribution in [0.25, 0.3) is 0 Å². The number of benzene rings is 1. The summed E-state index contributed by atoms with van der Waals surface area (Å²) in [5.41, 5.74) is 4.13. The fourth-order valence-electron chi connectivity index (χ4n) is 3.91. The summed E-state index contributed by atoms with van der Waals surface area (Å²) in [6, 6.07) is 6.98. The van der Waals surface area contributed by atoms with Gasteiger partial charge >= 0.3 is 0 Å². The van der Waals surface area contributed by atoms with Crippen LogP contribution in [0.4, 0.5) is 0 Å². The van der Waals surface area contributed by atoms with Crippen molar-refractivity contribution >= 4 is 0 Å². The van der Waals surface area contributed by atoms with Crippen molar-refractivity contribution in [3.8, 4) is 0 Å². The third-order valence-electron chi connectivity index (χ3n) is 5.29. The topological polar surface area (TPSA) is 32.3 Å². The van der Waals surface area contributed by atoms with Gasteiger partial charge in [-0.15, -0.1) is 0 Å². The van der Waals surface area contributed by atoms with Gasteiger partial charge in [0.1, 0.15) is 0 Å². The van der Waals surface area contributed by atoms with Crippen LogP contribution in [0.2, 0.25) is 0 Å². The number of hydrogen-bond donors (Lipinski definition) is 2. The van der Waals surface area contributed by atoms with Gasteiger partial charge in [0.2, 0.25) is 0 Å². The van der Waals surface area contributed by atoms with Crippen LogP contribution in [0.1, 0.15) is 68.1 Å². The molecule has 0 radical (unpaired) electrons. The van der Waals surface area contributed by atoms with Gasteiger partial charge in [-0.3, -0.25) is 0 Å². The van der Waals surface area contributed by atoms with Gasteiger partial charge in [-0.2, -0.15) is 0 Å². The van der Waals surface area contributed by atoms with E-state index in [4.69, 9.17) is 0 Å². The van der Waals surface area contributed by atoms with Crippen LogP contribution >= 0.6 is 0 Å². The number of aryl methyl sites for hydroxylation is 2. The van der Waals surface area contributed by atoms with Crippen molar-refractivity contribution in [3.63, 3.8) is 0 Å². The first kappa shape index (κ1) is 15.1. The van der Waals surface area contributed by atoms with Crippen molar-refractivity contribution in [1.29, 1.82) is 0 Å². The third-order valence-corrected chi connectivity index (χ3v) is 5.29. The highest BCUT2D eigenvalue weighted by atomic mass is 16.3. The molecule has 21 heavy (non-hydrogen) atoms. The molecule has 2 aliphatic rings. The molecule has 116 valence electrons. The van der Waals surface area contributed by atoms with E-state index in [1.54, 1.807) is 11.1 Å². The Bertz CT molecular complexity index is 463. The zero-order chi connectivity index (χ0) is 14.5. The van der Waals surface area contributed by atoms with E-state index >= 15 is 0 Å². The van der Waals surface area contributed by atoms with Crippen LogP contribution in [0.3, 0.4) is 0 Å². The molecular weight excluding hydrogens is 258 g/mol. The molecule has 0 saturated heterocycles. The molecule has 2 N–H and O–H groups in total. The van der Waals surface area contributed by atoms with Crippen LogP contribution in [0.15, 0.2) is 18.2 Å². The molecule has 0 spiro atoms. The van der Waals surface area contributed by atoms with Gasteiger partial charge in [0, 0.05) is 6.54 Å². The molecule has 2 nitrogen and oxygen atoms in total. The molecule has 1 aromatic carbocycles. The van der Waals surface area contributed by atoms with Gasteiger partial charge in [-0.25, -0.2) is 0 Å². The minimum absolute atomic E-state index is 0.388. The van der Waals surface area contributed by atoms with E-state index in [0.29, 0.717) is 0 Å². The molecule has 0 heterocycles. The van der Waals surface area contributed by atoms with E-state index in [1.165, 1.54) is 50.5 Å². The van der Waals surface area contributed by atoms with Gasteiger partial charge in [0.15, 0.2) is 0 Å². The molecule has 0 aliphatic heterocycles. The van der Waals surface area contributed by atoms with Crippen LogP contribution in [0, 0.1) is 0 Å². The summed E-state index contributed by atoms with van der Waals surface area (Å²) in [4.78, 5) is 0. The maximum absolute atomic E-state index is 10.5. The molecule has 0 atom stereocenters. The lowest BCUT2D eigenvalue weighted by atomic mass is 9.82. The zero-order valence-electron chi connectivity index (χ0n) is 13.2. The summed E-state index contributed by atoms with van der Waals surface area (Å²) in [6.07, 6.45) is 11.8. The second-order valence-corrected chi connectivity index (χ2v) is 7.02. The number of rotatable bonds is 5. The van der Waals surface area contributed by atoms with Crippen molar-refractivity contribution in [2.45, 2.75) is 76.4 Å². The Morgan fingerprint density at radius 1 is 0.952 bits per heavy atom. The van der Waals surface area contributed by atoms with Crippen LogP contribution < -0.4 is 5.32 Å². The maximum Gasteiger partial charge on any atom is 0.0659 e. The van der Waals surface area contributed by atoms with Crippen molar-refractivity contribution in [2.75, 3.05) is 6.54 Å². The first-order valence-corrected chi connectivity index (χ1v) is 8.79. The lowest BCUT2D eigenvalue weighted by molar-refractivity contribution is -0.00330. The molecule has 2 aliphatic carbocycles. The fourth-order valence-corrected chi connectivity index (χ4v) is 3.91. The molecule has 0 unspecified atom stereocenters. The van der Waals surface area contributed by atoms with E-state index in [2.05, 4.69) is 23.5 Å². The minimum Gasteiger partial charge on any atom is -0.390 e. The van der Waals surface area contributed by atoms with Gasteiger partial charge in [0.05, 0.1) is 5.60 Å². The quantitative estimate of drug-likeness (QED) is 0.809. The Morgan fingerprint density at radius 2 is 1.71 bits per heavy atom. The Morgan fingerprint density at radius 3 is 2.52 bits per heavy atom. The summed E-state index contributed by atoms with van der Waals surface area (Å²) >= 11 is 0. The van der Waals surface area contributed by atoms with E-state index in [9.17, 15) is 5.11 Å². The Balaban J connectivity index is 1.45. The number of aliphatic hydroxyl groups is 1. The van der Waals surface area contributed by atoms with Gasteiger partial charge in [0.25, 0.3) is 0 Å². The normalized spacial score (nSPS) is 21.0. The second-order valence-electron chi connectivity index (χ2n) is 7.02. The van der Waals surface area contributed by atoms with E-state index in [-0.39, 0.29) is 5.60 Å². The van der Waals surface area contributed by atoms with Crippen LogP contribution in [0.5, 0.6) is 0 Å². The van der Waals surface area contributed by atoms with Crippen molar-refractivity contribution < 1.29 is 5.11 Å². The predicted octanol–water partition coefficient (Wildman–Crippen LogP) is 3.74. The van der Waals surface area contributed by atoms with Crippen molar-refractivity contribution in [3.05, 3.63) is 34.9 Å². The molecule has 0 bridgehead atoms. The Labute approximate surface area is 129 Å². The van der Waals surface area contributed by atoms with Crippen LogP contribution in [-0.2, 0) is 19.4 Å². The Hall–Kier alpha value is -0.860. The van der Waals surface area contributed by atoms with E-state index in [1.807, 2.05) is 0 Å².